The molecule has 2 aromatic rings. The molecule has 0 unspecified atom stereocenters. The summed E-state index contributed by atoms with van der Waals surface area (Å²) in [6, 6.07) is 6.01. The molecule has 7 heteroatoms. The Bertz CT molecular complexity index is 694. The highest BCUT2D eigenvalue weighted by molar-refractivity contribution is 6.33. The quantitative estimate of drug-likeness (QED) is 0.937. The van der Waals surface area contributed by atoms with Crippen LogP contribution >= 0.6 is 23.2 Å². The van der Waals surface area contributed by atoms with Crippen LogP contribution in [-0.2, 0) is 6.54 Å². The van der Waals surface area contributed by atoms with Crippen molar-refractivity contribution in [3.63, 3.8) is 0 Å². The van der Waals surface area contributed by atoms with Crippen molar-refractivity contribution < 1.29 is 9.18 Å². The monoisotopic (exact) mass is 327 g/mol. The Hall–Kier alpha value is -1.85. The zero-order valence-corrected chi connectivity index (χ0v) is 12.6. The second-order valence-corrected chi connectivity index (χ2v) is 5.31. The lowest BCUT2D eigenvalue weighted by Gasteiger charge is -2.19. The Morgan fingerprint density at radius 1 is 1.33 bits per heavy atom. The van der Waals surface area contributed by atoms with Crippen molar-refractivity contribution in [1.82, 2.24) is 4.98 Å². The number of carbonyl (C=O) groups excluding carboxylic acids is 1. The van der Waals surface area contributed by atoms with Gasteiger partial charge in [0.1, 0.15) is 11.6 Å². The number of anilines is 1. The van der Waals surface area contributed by atoms with E-state index in [1.165, 1.54) is 24.4 Å². The topological polar surface area (TPSA) is 59.2 Å². The number of primary amides is 1. The normalized spacial score (nSPS) is 10.5. The van der Waals surface area contributed by atoms with E-state index < -0.39 is 11.7 Å². The third-order valence-electron chi connectivity index (χ3n) is 2.87. The fraction of sp³-hybridized carbons (Fsp3) is 0.143. The van der Waals surface area contributed by atoms with E-state index in [4.69, 9.17) is 28.9 Å². The standard InChI is InChI=1S/C14H12Cl2FN3O/c1-20(7-8-2-3-10(15)12(17)4-8)14-11(16)5-9(6-19-14)13(18)21/h2-6H,7H2,1H3,(H2,18,21). The van der Waals surface area contributed by atoms with Gasteiger partial charge in [0.2, 0.25) is 5.91 Å². The van der Waals surface area contributed by atoms with Crippen LogP contribution in [0.2, 0.25) is 10.0 Å². The van der Waals surface area contributed by atoms with Crippen molar-refractivity contribution in [3.8, 4) is 0 Å². The third kappa shape index (κ3) is 3.62. The van der Waals surface area contributed by atoms with Gasteiger partial charge >= 0.3 is 0 Å². The van der Waals surface area contributed by atoms with E-state index >= 15 is 0 Å². The SMILES string of the molecule is CN(Cc1ccc(Cl)c(F)c1)c1ncc(C(N)=O)cc1Cl. The maximum absolute atomic E-state index is 13.4. The zero-order valence-electron chi connectivity index (χ0n) is 11.1. The van der Waals surface area contributed by atoms with E-state index in [0.29, 0.717) is 17.4 Å². The summed E-state index contributed by atoms with van der Waals surface area (Å²) in [5, 5.41) is 0.367. The second kappa shape index (κ2) is 6.28. The van der Waals surface area contributed by atoms with Gasteiger partial charge < -0.3 is 10.6 Å². The number of nitrogens with two attached hydrogens (primary N) is 1. The Balaban J connectivity index is 2.21. The first-order valence-corrected chi connectivity index (χ1v) is 6.74. The van der Waals surface area contributed by atoms with Gasteiger partial charge in [-0.1, -0.05) is 29.3 Å². The van der Waals surface area contributed by atoms with Gasteiger partial charge in [0.25, 0.3) is 0 Å². The van der Waals surface area contributed by atoms with Gasteiger partial charge in [-0.15, -0.1) is 0 Å². The zero-order chi connectivity index (χ0) is 15.6. The molecule has 2 N–H and O–H groups in total. The first kappa shape index (κ1) is 15.5. The summed E-state index contributed by atoms with van der Waals surface area (Å²) in [5.41, 5.74) is 6.11. The van der Waals surface area contributed by atoms with Gasteiger partial charge in [-0.05, 0) is 23.8 Å². The van der Waals surface area contributed by atoms with Crippen LogP contribution in [-0.4, -0.2) is 17.9 Å². The molecule has 1 aromatic heterocycles. The summed E-state index contributed by atoms with van der Waals surface area (Å²) >= 11 is 11.7. The lowest BCUT2D eigenvalue weighted by molar-refractivity contribution is 0.1000. The molecule has 0 saturated heterocycles. The highest BCUT2D eigenvalue weighted by Crippen LogP contribution is 2.25. The number of rotatable bonds is 4. The molecule has 0 fully saturated rings. The predicted molar refractivity (Wildman–Crippen MR) is 81.3 cm³/mol. The molecule has 1 amide bonds. The van der Waals surface area contributed by atoms with E-state index in [1.807, 2.05) is 0 Å². The smallest absolute Gasteiger partial charge is 0.250 e. The number of hydrogen-bond donors (Lipinski definition) is 1. The van der Waals surface area contributed by atoms with Gasteiger partial charge in [-0.2, -0.15) is 0 Å². The van der Waals surface area contributed by atoms with E-state index in [-0.39, 0.29) is 10.6 Å². The van der Waals surface area contributed by atoms with Gasteiger partial charge in [0.05, 0.1) is 15.6 Å². The molecule has 1 aromatic carbocycles. The summed E-state index contributed by atoms with van der Waals surface area (Å²) in [6.45, 7) is 0.386. The first-order valence-electron chi connectivity index (χ1n) is 5.99. The van der Waals surface area contributed by atoms with Crippen LogP contribution in [0, 0.1) is 5.82 Å². The average Bonchev–Trinajstić information content (AvgIpc) is 2.42. The second-order valence-electron chi connectivity index (χ2n) is 4.50. The summed E-state index contributed by atoms with van der Waals surface area (Å²) in [4.78, 5) is 16.9. The average molecular weight is 328 g/mol. The number of carbonyl (C=O) groups is 1. The molecular weight excluding hydrogens is 316 g/mol. The van der Waals surface area contributed by atoms with Crippen molar-refractivity contribution >= 4 is 34.9 Å². The molecule has 0 aliphatic carbocycles. The molecule has 110 valence electrons. The highest BCUT2D eigenvalue weighted by Gasteiger charge is 2.12. The predicted octanol–water partition coefficient (Wildman–Crippen LogP) is 3.26. The molecule has 0 bridgehead atoms. The van der Waals surface area contributed by atoms with Crippen LogP contribution in [0.4, 0.5) is 10.2 Å². The molecule has 0 radical (unpaired) electrons. The first-order chi connectivity index (χ1) is 9.88. The van der Waals surface area contributed by atoms with Crippen LogP contribution in [0.1, 0.15) is 15.9 Å². The maximum Gasteiger partial charge on any atom is 0.250 e. The molecule has 2 rings (SSSR count). The number of amides is 1. The molecule has 0 aliphatic rings. The summed E-state index contributed by atoms with van der Waals surface area (Å²) < 4.78 is 13.4. The van der Waals surface area contributed by atoms with Crippen LogP contribution < -0.4 is 10.6 Å². The minimum absolute atomic E-state index is 0.0726. The highest BCUT2D eigenvalue weighted by atomic mass is 35.5. The summed E-state index contributed by atoms with van der Waals surface area (Å²) in [7, 11) is 1.75. The third-order valence-corrected chi connectivity index (χ3v) is 3.46. The van der Waals surface area contributed by atoms with Crippen molar-refractivity contribution in [1.29, 1.82) is 0 Å². The molecule has 1 heterocycles. The van der Waals surface area contributed by atoms with Crippen molar-refractivity contribution in [3.05, 3.63) is 57.5 Å². The number of halogens is 3. The fourth-order valence-electron chi connectivity index (χ4n) is 1.83. The van der Waals surface area contributed by atoms with E-state index in [2.05, 4.69) is 4.98 Å². The minimum atomic E-state index is -0.599. The van der Waals surface area contributed by atoms with Crippen LogP contribution in [0.15, 0.2) is 30.5 Å². The Morgan fingerprint density at radius 2 is 2.05 bits per heavy atom. The summed E-state index contributed by atoms with van der Waals surface area (Å²) in [5.74, 6) is -0.610. The number of pyridine rings is 1. The molecule has 0 aliphatic heterocycles. The maximum atomic E-state index is 13.4. The molecule has 21 heavy (non-hydrogen) atoms. The van der Waals surface area contributed by atoms with Crippen molar-refractivity contribution in [2.24, 2.45) is 5.73 Å². The fourth-order valence-corrected chi connectivity index (χ4v) is 2.26. The van der Waals surface area contributed by atoms with E-state index in [1.54, 1.807) is 18.0 Å². The van der Waals surface area contributed by atoms with Crippen LogP contribution in [0.3, 0.4) is 0 Å². The van der Waals surface area contributed by atoms with Gasteiger partial charge in [-0.25, -0.2) is 9.37 Å². The Kier molecular flexibility index (Phi) is 4.65. The van der Waals surface area contributed by atoms with Crippen LogP contribution in [0.25, 0.3) is 0 Å². The molecule has 4 nitrogen and oxygen atoms in total. The molecule has 0 saturated carbocycles. The van der Waals surface area contributed by atoms with Gasteiger partial charge in [-0.3, -0.25) is 4.79 Å². The van der Waals surface area contributed by atoms with Crippen molar-refractivity contribution in [2.75, 3.05) is 11.9 Å². The van der Waals surface area contributed by atoms with E-state index in [0.717, 1.165) is 5.56 Å². The number of aromatic nitrogens is 1. The number of hydrogen-bond acceptors (Lipinski definition) is 3. The number of nitrogens with zero attached hydrogens (tertiary/aromatic N) is 2. The lowest BCUT2D eigenvalue weighted by atomic mass is 10.2. The Labute approximate surface area is 131 Å². The largest absolute Gasteiger partial charge is 0.366 e. The van der Waals surface area contributed by atoms with E-state index in [9.17, 15) is 9.18 Å². The van der Waals surface area contributed by atoms with Gasteiger partial charge in [0.15, 0.2) is 0 Å². The Morgan fingerprint density at radius 3 is 2.62 bits per heavy atom. The van der Waals surface area contributed by atoms with Gasteiger partial charge in [0, 0.05) is 19.8 Å². The molecular formula is C14H12Cl2FN3O. The molecule has 0 spiro atoms. The lowest BCUT2D eigenvalue weighted by Crippen LogP contribution is -2.19. The van der Waals surface area contributed by atoms with Crippen LogP contribution in [0.5, 0.6) is 0 Å². The number of benzene rings is 1. The molecule has 0 atom stereocenters. The minimum Gasteiger partial charge on any atom is -0.366 e. The van der Waals surface area contributed by atoms with Crippen molar-refractivity contribution in [2.45, 2.75) is 6.54 Å². The summed E-state index contributed by atoms with van der Waals surface area (Å²) in [6.07, 6.45) is 1.35.